The van der Waals surface area contributed by atoms with Crippen LogP contribution in [0.1, 0.15) is 30.5 Å². The lowest BCUT2D eigenvalue weighted by molar-refractivity contribution is 0.588. The first kappa shape index (κ1) is 15.6. The van der Waals surface area contributed by atoms with Gasteiger partial charge in [0.2, 0.25) is 0 Å². The second-order valence-corrected chi connectivity index (χ2v) is 6.33. The molecule has 0 fully saturated rings. The van der Waals surface area contributed by atoms with E-state index in [4.69, 9.17) is 5.26 Å². The summed E-state index contributed by atoms with van der Waals surface area (Å²) in [6.07, 6.45) is 0. The number of hydrogen-bond acceptors (Lipinski definition) is 3. The second kappa shape index (κ2) is 7.87. The first-order chi connectivity index (χ1) is 10.2. The molecule has 0 aliphatic carbocycles. The fraction of sp³-hybridized carbons (Fsp3) is 0.278. The van der Waals surface area contributed by atoms with Gasteiger partial charge >= 0.3 is 0 Å². The molecule has 0 radical (unpaired) electrons. The Hall–Kier alpha value is -1.76. The Morgan fingerprint density at radius 2 is 1.86 bits per heavy atom. The molecule has 0 aromatic heterocycles. The summed E-state index contributed by atoms with van der Waals surface area (Å²) in [7, 11) is 0. The van der Waals surface area contributed by atoms with Gasteiger partial charge in [0.15, 0.2) is 0 Å². The maximum atomic E-state index is 8.80. The Balaban J connectivity index is 1.93. The summed E-state index contributed by atoms with van der Waals surface area (Å²) in [5.41, 5.74) is 3.27. The summed E-state index contributed by atoms with van der Waals surface area (Å²) in [5.74, 6) is 0.923. The largest absolute Gasteiger partial charge is 0.310 e. The van der Waals surface area contributed by atoms with Crippen molar-refractivity contribution in [2.45, 2.75) is 37.1 Å². The molecule has 0 atom stereocenters. The Morgan fingerprint density at radius 3 is 2.52 bits per heavy atom. The average molecular weight is 296 g/mol. The minimum absolute atomic E-state index is 0.500. The Labute approximate surface area is 131 Å². The van der Waals surface area contributed by atoms with Gasteiger partial charge in [-0.3, -0.25) is 0 Å². The number of nitrogens with one attached hydrogen (secondary N) is 1. The third-order valence-corrected chi connectivity index (χ3v) is 4.17. The second-order valence-electron chi connectivity index (χ2n) is 5.28. The van der Waals surface area contributed by atoms with Crippen LogP contribution in [0.15, 0.2) is 53.4 Å². The van der Waals surface area contributed by atoms with Crippen molar-refractivity contribution in [3.8, 4) is 6.07 Å². The van der Waals surface area contributed by atoms with Crippen molar-refractivity contribution in [1.29, 1.82) is 5.26 Å². The molecule has 0 amide bonds. The smallest absolute Gasteiger partial charge is 0.0991 e. The van der Waals surface area contributed by atoms with E-state index in [2.05, 4.69) is 49.5 Å². The highest BCUT2D eigenvalue weighted by molar-refractivity contribution is 7.98. The molecule has 0 unspecified atom stereocenters. The summed E-state index contributed by atoms with van der Waals surface area (Å²) in [4.78, 5) is 1.28. The van der Waals surface area contributed by atoms with Gasteiger partial charge in [0.05, 0.1) is 11.6 Å². The van der Waals surface area contributed by atoms with Gasteiger partial charge in [0, 0.05) is 23.2 Å². The molecule has 0 spiro atoms. The van der Waals surface area contributed by atoms with E-state index >= 15 is 0 Å². The minimum Gasteiger partial charge on any atom is -0.310 e. The summed E-state index contributed by atoms with van der Waals surface area (Å²) >= 11 is 1.82. The Kier molecular flexibility index (Phi) is 5.86. The molecule has 0 saturated heterocycles. The van der Waals surface area contributed by atoms with Gasteiger partial charge in [-0.1, -0.05) is 38.1 Å². The predicted molar refractivity (Wildman–Crippen MR) is 89.1 cm³/mol. The van der Waals surface area contributed by atoms with E-state index < -0.39 is 0 Å². The highest BCUT2D eigenvalue weighted by atomic mass is 32.2. The maximum Gasteiger partial charge on any atom is 0.0991 e. The molecule has 0 heterocycles. The van der Waals surface area contributed by atoms with Crippen LogP contribution in [0.25, 0.3) is 0 Å². The molecular formula is C18H20N2S. The molecule has 3 heteroatoms. The van der Waals surface area contributed by atoms with Gasteiger partial charge in [-0.2, -0.15) is 5.26 Å². The molecule has 21 heavy (non-hydrogen) atoms. The van der Waals surface area contributed by atoms with Crippen LogP contribution in [0, 0.1) is 11.3 Å². The molecule has 1 N–H and O–H groups in total. The van der Waals surface area contributed by atoms with Gasteiger partial charge in [0.25, 0.3) is 0 Å². The fourth-order valence-electron chi connectivity index (χ4n) is 1.91. The van der Waals surface area contributed by atoms with Gasteiger partial charge in [-0.05, 0) is 35.4 Å². The van der Waals surface area contributed by atoms with Gasteiger partial charge in [-0.25, -0.2) is 0 Å². The van der Waals surface area contributed by atoms with E-state index in [0.717, 1.165) is 12.3 Å². The minimum atomic E-state index is 0.500. The van der Waals surface area contributed by atoms with E-state index in [1.807, 2.05) is 36.0 Å². The lowest BCUT2D eigenvalue weighted by atomic mass is 10.2. The Bertz CT molecular complexity index is 612. The maximum absolute atomic E-state index is 8.80. The highest BCUT2D eigenvalue weighted by Crippen LogP contribution is 2.23. The summed E-state index contributed by atoms with van der Waals surface area (Å²) in [6, 6.07) is 19.1. The molecule has 2 nitrogen and oxygen atoms in total. The molecule has 0 bridgehead atoms. The van der Waals surface area contributed by atoms with Crippen LogP contribution in [0.2, 0.25) is 0 Å². The quantitative estimate of drug-likeness (QED) is 0.805. The molecule has 0 aliphatic heterocycles. The monoisotopic (exact) mass is 296 g/mol. The van der Waals surface area contributed by atoms with Crippen LogP contribution in [0.5, 0.6) is 0 Å². The van der Waals surface area contributed by atoms with Gasteiger partial charge in [0.1, 0.15) is 0 Å². The highest BCUT2D eigenvalue weighted by Gasteiger charge is 2.00. The van der Waals surface area contributed by atoms with Crippen LogP contribution in [-0.2, 0) is 12.3 Å². The van der Waals surface area contributed by atoms with E-state index in [1.165, 1.54) is 16.0 Å². The van der Waals surface area contributed by atoms with Crippen molar-refractivity contribution in [3.63, 3.8) is 0 Å². The van der Waals surface area contributed by atoms with Crippen molar-refractivity contribution >= 4 is 11.8 Å². The first-order valence-electron chi connectivity index (χ1n) is 7.11. The zero-order valence-electron chi connectivity index (χ0n) is 12.5. The van der Waals surface area contributed by atoms with E-state index in [1.54, 1.807) is 0 Å². The van der Waals surface area contributed by atoms with Gasteiger partial charge in [-0.15, -0.1) is 11.8 Å². The number of nitriles is 1. The van der Waals surface area contributed by atoms with Crippen molar-refractivity contribution in [1.82, 2.24) is 5.32 Å². The van der Waals surface area contributed by atoms with Crippen molar-refractivity contribution < 1.29 is 0 Å². The van der Waals surface area contributed by atoms with Crippen LogP contribution < -0.4 is 5.32 Å². The summed E-state index contributed by atoms with van der Waals surface area (Å²) in [6.45, 7) is 5.22. The average Bonchev–Trinajstić information content (AvgIpc) is 2.52. The normalized spacial score (nSPS) is 10.6. The first-order valence-corrected chi connectivity index (χ1v) is 8.10. The SMILES string of the molecule is CC(C)NCc1cccc(SCc2ccc(C#N)cc2)c1. The molecule has 2 rings (SSSR count). The summed E-state index contributed by atoms with van der Waals surface area (Å²) in [5, 5.41) is 12.2. The number of nitrogens with zero attached hydrogens (tertiary/aromatic N) is 1. The number of rotatable bonds is 6. The fourth-order valence-corrected chi connectivity index (χ4v) is 2.84. The standard InChI is InChI=1S/C18H20N2S/c1-14(2)20-12-17-4-3-5-18(10-17)21-13-16-8-6-15(11-19)7-9-16/h3-10,14,20H,12-13H2,1-2H3. The van der Waals surface area contributed by atoms with Crippen LogP contribution >= 0.6 is 11.8 Å². The van der Waals surface area contributed by atoms with Crippen molar-refractivity contribution in [3.05, 3.63) is 65.2 Å². The number of hydrogen-bond donors (Lipinski definition) is 1. The molecule has 2 aromatic carbocycles. The van der Waals surface area contributed by atoms with Crippen molar-refractivity contribution in [2.24, 2.45) is 0 Å². The molecular weight excluding hydrogens is 276 g/mol. The number of thioether (sulfide) groups is 1. The van der Waals surface area contributed by atoms with Crippen molar-refractivity contribution in [2.75, 3.05) is 0 Å². The molecule has 0 saturated carbocycles. The lowest BCUT2D eigenvalue weighted by Crippen LogP contribution is -2.21. The van der Waals surface area contributed by atoms with Crippen LogP contribution in [0.4, 0.5) is 0 Å². The topological polar surface area (TPSA) is 35.8 Å². The molecule has 0 aliphatic rings. The lowest BCUT2D eigenvalue weighted by Gasteiger charge is -2.09. The van der Waals surface area contributed by atoms with Crippen LogP contribution in [0.3, 0.4) is 0 Å². The number of benzene rings is 2. The summed E-state index contributed by atoms with van der Waals surface area (Å²) < 4.78 is 0. The Morgan fingerprint density at radius 1 is 1.10 bits per heavy atom. The molecule has 108 valence electrons. The van der Waals surface area contributed by atoms with E-state index in [0.29, 0.717) is 11.6 Å². The van der Waals surface area contributed by atoms with Crippen LogP contribution in [-0.4, -0.2) is 6.04 Å². The third kappa shape index (κ3) is 5.26. The third-order valence-electron chi connectivity index (χ3n) is 3.10. The van der Waals surface area contributed by atoms with E-state index in [9.17, 15) is 0 Å². The zero-order valence-corrected chi connectivity index (χ0v) is 13.3. The van der Waals surface area contributed by atoms with Gasteiger partial charge < -0.3 is 5.32 Å². The van der Waals surface area contributed by atoms with E-state index in [-0.39, 0.29) is 0 Å². The predicted octanol–water partition coefficient (Wildman–Crippen LogP) is 4.35. The molecule has 2 aromatic rings. The zero-order chi connectivity index (χ0) is 15.1.